The number of benzene rings is 1. The van der Waals surface area contributed by atoms with E-state index in [1.807, 2.05) is 0 Å². The summed E-state index contributed by atoms with van der Waals surface area (Å²) in [6.07, 6.45) is 3.07. The summed E-state index contributed by atoms with van der Waals surface area (Å²) in [5.41, 5.74) is 6.42. The van der Waals surface area contributed by atoms with Crippen LogP contribution in [0, 0.1) is 0 Å². The number of carbonyl (C=O) groups excluding carboxylic acids is 2. The summed E-state index contributed by atoms with van der Waals surface area (Å²) in [5.74, 6) is -1.00. The van der Waals surface area contributed by atoms with Gasteiger partial charge in [-0.1, -0.05) is 6.07 Å². The predicted molar refractivity (Wildman–Crippen MR) is 75.2 cm³/mol. The molecular weight excluding hydrogens is 260 g/mol. The summed E-state index contributed by atoms with van der Waals surface area (Å²) in [6.45, 7) is 0.507. The first-order chi connectivity index (χ1) is 9.62. The first-order valence-electron chi connectivity index (χ1n) is 6.36. The molecule has 0 bridgehead atoms. The fraction of sp³-hybridized carbons (Fsp3) is 0.357. The molecule has 0 unspecified atom stereocenters. The van der Waals surface area contributed by atoms with E-state index < -0.39 is 12.0 Å². The number of rotatable bonds is 9. The highest BCUT2D eigenvalue weighted by atomic mass is 16.4. The van der Waals surface area contributed by atoms with Gasteiger partial charge in [-0.25, -0.2) is 4.79 Å². The van der Waals surface area contributed by atoms with Gasteiger partial charge in [0.1, 0.15) is 12.3 Å². The number of nitrogens with one attached hydrogen (secondary N) is 1. The molecule has 1 rings (SSSR count). The predicted octanol–water partition coefficient (Wildman–Crippen LogP) is 1.31. The number of hydrogen-bond acceptors (Lipinski definition) is 5. The Morgan fingerprint density at radius 1 is 1.30 bits per heavy atom. The van der Waals surface area contributed by atoms with Crippen LogP contribution in [0.5, 0.6) is 0 Å². The van der Waals surface area contributed by atoms with Gasteiger partial charge in [-0.3, -0.25) is 9.59 Å². The highest BCUT2D eigenvalue weighted by molar-refractivity contribution is 5.89. The summed E-state index contributed by atoms with van der Waals surface area (Å²) >= 11 is 0. The van der Waals surface area contributed by atoms with Crippen molar-refractivity contribution < 1.29 is 19.5 Å². The van der Waals surface area contributed by atoms with Crippen molar-refractivity contribution in [3.8, 4) is 0 Å². The molecule has 4 N–H and O–H groups in total. The smallest absolute Gasteiger partial charge is 0.326 e. The van der Waals surface area contributed by atoms with Crippen LogP contribution in [0.1, 0.15) is 40.0 Å². The molecule has 0 radical (unpaired) electrons. The van der Waals surface area contributed by atoms with Crippen molar-refractivity contribution in [2.24, 2.45) is 5.73 Å². The van der Waals surface area contributed by atoms with E-state index in [1.165, 1.54) is 18.2 Å². The third-order valence-corrected chi connectivity index (χ3v) is 2.92. The van der Waals surface area contributed by atoms with E-state index in [2.05, 4.69) is 5.32 Å². The molecule has 0 spiro atoms. The summed E-state index contributed by atoms with van der Waals surface area (Å²) in [5, 5.41) is 12.0. The van der Waals surface area contributed by atoms with Crippen molar-refractivity contribution in [1.29, 1.82) is 0 Å². The van der Waals surface area contributed by atoms with Crippen molar-refractivity contribution in [1.82, 2.24) is 0 Å². The van der Waals surface area contributed by atoms with E-state index in [0.29, 0.717) is 48.8 Å². The van der Waals surface area contributed by atoms with Gasteiger partial charge in [-0.15, -0.1) is 0 Å². The molecule has 1 atom stereocenters. The van der Waals surface area contributed by atoms with Gasteiger partial charge in [-0.2, -0.15) is 0 Å². The Balaban J connectivity index is 2.88. The fourth-order valence-electron chi connectivity index (χ4n) is 1.81. The number of aliphatic carboxylic acids is 1. The topological polar surface area (TPSA) is 109 Å². The van der Waals surface area contributed by atoms with Gasteiger partial charge in [0.05, 0.1) is 0 Å². The van der Waals surface area contributed by atoms with Crippen LogP contribution in [0.4, 0.5) is 5.69 Å². The zero-order valence-corrected chi connectivity index (χ0v) is 11.0. The lowest BCUT2D eigenvalue weighted by molar-refractivity contribution is -0.138. The number of nitrogens with two attached hydrogens (primary N) is 1. The Kier molecular flexibility index (Phi) is 6.39. The minimum Gasteiger partial charge on any atom is -0.480 e. The fourth-order valence-corrected chi connectivity index (χ4v) is 1.81. The SMILES string of the molecule is NCCCC[C@H](Nc1cc(C=O)ccc1C=O)C(=O)O. The van der Waals surface area contributed by atoms with Crippen LogP contribution in [0.2, 0.25) is 0 Å². The van der Waals surface area contributed by atoms with Crippen LogP contribution in [-0.4, -0.2) is 36.2 Å². The highest BCUT2D eigenvalue weighted by Gasteiger charge is 2.18. The Morgan fingerprint density at radius 2 is 2.05 bits per heavy atom. The molecule has 0 aliphatic heterocycles. The maximum atomic E-state index is 11.2. The average Bonchev–Trinajstić information content (AvgIpc) is 2.46. The molecule has 20 heavy (non-hydrogen) atoms. The molecule has 0 saturated heterocycles. The van der Waals surface area contributed by atoms with E-state index >= 15 is 0 Å². The average molecular weight is 278 g/mol. The number of carbonyl (C=O) groups is 3. The lowest BCUT2D eigenvalue weighted by Gasteiger charge is -2.17. The zero-order valence-electron chi connectivity index (χ0n) is 11.0. The Labute approximate surface area is 117 Å². The molecule has 0 aliphatic carbocycles. The van der Waals surface area contributed by atoms with Gasteiger partial charge in [0.2, 0.25) is 0 Å². The second kappa shape index (κ2) is 8.06. The van der Waals surface area contributed by atoms with Gasteiger partial charge < -0.3 is 16.2 Å². The zero-order chi connectivity index (χ0) is 15.0. The summed E-state index contributed by atoms with van der Waals surface area (Å²) < 4.78 is 0. The molecule has 0 aliphatic rings. The molecule has 1 aromatic carbocycles. The van der Waals surface area contributed by atoms with E-state index in [9.17, 15) is 19.5 Å². The van der Waals surface area contributed by atoms with E-state index in [1.54, 1.807) is 0 Å². The van der Waals surface area contributed by atoms with E-state index in [4.69, 9.17) is 5.73 Å². The second-order valence-electron chi connectivity index (χ2n) is 4.40. The molecule has 0 aromatic heterocycles. The highest BCUT2D eigenvalue weighted by Crippen LogP contribution is 2.18. The number of anilines is 1. The molecular formula is C14H18N2O4. The molecule has 108 valence electrons. The summed E-state index contributed by atoms with van der Waals surface area (Å²) in [7, 11) is 0. The minimum absolute atomic E-state index is 0.320. The molecule has 0 fully saturated rings. The van der Waals surface area contributed by atoms with Crippen molar-refractivity contribution in [2.45, 2.75) is 25.3 Å². The number of carboxylic acids is 1. The van der Waals surface area contributed by atoms with Crippen molar-refractivity contribution in [3.05, 3.63) is 29.3 Å². The summed E-state index contributed by atoms with van der Waals surface area (Å²) in [4.78, 5) is 32.9. The molecule has 6 nitrogen and oxygen atoms in total. The van der Waals surface area contributed by atoms with Crippen LogP contribution in [0.3, 0.4) is 0 Å². The molecule has 0 heterocycles. The van der Waals surface area contributed by atoms with Crippen LogP contribution in [0.15, 0.2) is 18.2 Å². The van der Waals surface area contributed by atoms with Crippen LogP contribution >= 0.6 is 0 Å². The number of hydrogen-bond donors (Lipinski definition) is 3. The number of unbranched alkanes of at least 4 members (excludes halogenated alkanes) is 1. The maximum absolute atomic E-state index is 11.2. The van der Waals surface area contributed by atoms with E-state index in [0.717, 1.165) is 6.42 Å². The van der Waals surface area contributed by atoms with Gasteiger partial charge in [0, 0.05) is 16.8 Å². The van der Waals surface area contributed by atoms with Crippen LogP contribution < -0.4 is 11.1 Å². The van der Waals surface area contributed by atoms with Gasteiger partial charge in [-0.05, 0) is 37.9 Å². The van der Waals surface area contributed by atoms with Gasteiger partial charge in [0.15, 0.2) is 6.29 Å². The van der Waals surface area contributed by atoms with Crippen molar-refractivity contribution >= 4 is 24.2 Å². The lowest BCUT2D eigenvalue weighted by atomic mass is 10.1. The number of aldehydes is 2. The standard InChI is InChI=1S/C14H18N2O4/c15-6-2-1-3-12(14(19)20)16-13-7-10(8-17)4-5-11(13)9-18/h4-5,7-9,12,16H,1-3,6,15H2,(H,19,20)/t12-/m0/s1. The Bertz CT molecular complexity index is 488. The molecule has 6 heteroatoms. The Hall–Kier alpha value is -2.21. The summed E-state index contributed by atoms with van der Waals surface area (Å²) in [6, 6.07) is 3.64. The largest absolute Gasteiger partial charge is 0.480 e. The van der Waals surface area contributed by atoms with Gasteiger partial charge in [0.25, 0.3) is 0 Å². The monoisotopic (exact) mass is 278 g/mol. The quantitative estimate of drug-likeness (QED) is 0.464. The third-order valence-electron chi connectivity index (χ3n) is 2.92. The maximum Gasteiger partial charge on any atom is 0.326 e. The first kappa shape index (κ1) is 15.8. The third kappa shape index (κ3) is 4.47. The van der Waals surface area contributed by atoms with Crippen LogP contribution in [0.25, 0.3) is 0 Å². The Morgan fingerprint density at radius 3 is 2.60 bits per heavy atom. The normalized spacial score (nSPS) is 11.7. The first-order valence-corrected chi connectivity index (χ1v) is 6.36. The van der Waals surface area contributed by atoms with Crippen molar-refractivity contribution in [2.75, 3.05) is 11.9 Å². The van der Waals surface area contributed by atoms with Gasteiger partial charge >= 0.3 is 5.97 Å². The molecule has 0 saturated carbocycles. The second-order valence-corrected chi connectivity index (χ2v) is 4.40. The lowest BCUT2D eigenvalue weighted by Crippen LogP contribution is -2.29. The molecule has 1 aromatic rings. The van der Waals surface area contributed by atoms with Crippen LogP contribution in [-0.2, 0) is 4.79 Å². The van der Waals surface area contributed by atoms with E-state index in [-0.39, 0.29) is 0 Å². The minimum atomic E-state index is -1.00. The number of carboxylic acid groups (broad SMARTS) is 1. The molecule has 0 amide bonds. The van der Waals surface area contributed by atoms with Crippen molar-refractivity contribution in [3.63, 3.8) is 0 Å².